The molecule has 1 aromatic heterocycles. The molecule has 4 rings (SSSR count). The van der Waals surface area contributed by atoms with E-state index in [0.29, 0.717) is 0 Å². The van der Waals surface area contributed by atoms with Crippen LogP contribution in [-0.4, -0.2) is 5.91 Å². The predicted octanol–water partition coefficient (Wildman–Crippen LogP) is 4.57. The quantitative estimate of drug-likeness (QED) is 0.730. The highest BCUT2D eigenvalue weighted by Gasteiger charge is 2.46. The zero-order chi connectivity index (χ0) is 18.1. The Morgan fingerprint density at radius 3 is 2.04 bits per heavy atom. The summed E-state index contributed by atoms with van der Waals surface area (Å²) >= 11 is 0. The highest BCUT2D eigenvalue weighted by atomic mass is 19.1. The van der Waals surface area contributed by atoms with Crippen LogP contribution in [0.3, 0.4) is 0 Å². The molecule has 0 saturated heterocycles. The lowest BCUT2D eigenvalue weighted by Gasteiger charge is -2.20. The van der Waals surface area contributed by atoms with E-state index in [2.05, 4.69) is 5.32 Å². The fourth-order valence-electron chi connectivity index (χ4n) is 3.22. The molecule has 132 valence electrons. The Bertz CT molecular complexity index is 843. The number of nitrogens with one attached hydrogen (secondary N) is 1. The van der Waals surface area contributed by atoms with Gasteiger partial charge in [-0.1, -0.05) is 24.3 Å². The number of carbonyl (C=O) groups excluding carboxylic acids is 1. The van der Waals surface area contributed by atoms with Crippen molar-refractivity contribution in [3.63, 3.8) is 0 Å². The van der Waals surface area contributed by atoms with Gasteiger partial charge in [0.1, 0.15) is 17.4 Å². The van der Waals surface area contributed by atoms with Crippen molar-refractivity contribution in [2.24, 2.45) is 5.92 Å². The van der Waals surface area contributed by atoms with Gasteiger partial charge in [0.25, 0.3) is 0 Å². The molecule has 1 saturated carbocycles. The molecular formula is C21H17F2NO2. The second kappa shape index (κ2) is 6.75. The van der Waals surface area contributed by atoms with Crippen LogP contribution in [0.25, 0.3) is 0 Å². The van der Waals surface area contributed by atoms with Crippen LogP contribution in [0.1, 0.15) is 35.3 Å². The third-order valence-electron chi connectivity index (χ3n) is 4.73. The van der Waals surface area contributed by atoms with E-state index in [1.165, 1.54) is 24.3 Å². The molecule has 0 bridgehead atoms. The van der Waals surface area contributed by atoms with Gasteiger partial charge >= 0.3 is 0 Å². The van der Waals surface area contributed by atoms with Crippen LogP contribution in [0.2, 0.25) is 0 Å². The molecule has 1 aliphatic rings. The van der Waals surface area contributed by atoms with Crippen molar-refractivity contribution in [2.45, 2.75) is 18.4 Å². The largest absolute Gasteiger partial charge is 0.469 e. The van der Waals surface area contributed by atoms with Gasteiger partial charge in [-0.05, 0) is 53.9 Å². The number of hydrogen-bond acceptors (Lipinski definition) is 2. The fourth-order valence-corrected chi connectivity index (χ4v) is 3.22. The van der Waals surface area contributed by atoms with Gasteiger partial charge in [-0.25, -0.2) is 8.78 Å². The average Bonchev–Trinajstić information content (AvgIpc) is 3.27. The molecule has 0 aliphatic heterocycles. The lowest BCUT2D eigenvalue weighted by molar-refractivity contribution is -0.122. The number of carbonyl (C=O) groups is 1. The summed E-state index contributed by atoms with van der Waals surface area (Å²) in [6.45, 7) is 0. The molecule has 5 heteroatoms. The van der Waals surface area contributed by atoms with E-state index in [9.17, 15) is 13.6 Å². The molecule has 1 heterocycles. The first-order valence-corrected chi connectivity index (χ1v) is 8.46. The molecule has 1 N–H and O–H groups in total. The molecule has 1 fully saturated rings. The van der Waals surface area contributed by atoms with E-state index in [-0.39, 0.29) is 29.4 Å². The van der Waals surface area contributed by atoms with Crippen molar-refractivity contribution in [1.29, 1.82) is 0 Å². The molecular weight excluding hydrogens is 336 g/mol. The van der Waals surface area contributed by atoms with E-state index in [4.69, 9.17) is 4.42 Å². The zero-order valence-corrected chi connectivity index (χ0v) is 13.9. The predicted molar refractivity (Wildman–Crippen MR) is 92.3 cm³/mol. The molecule has 1 amide bonds. The number of furan rings is 1. The van der Waals surface area contributed by atoms with Crippen LogP contribution in [0.4, 0.5) is 8.78 Å². The molecule has 1 aliphatic carbocycles. The number of hydrogen-bond donors (Lipinski definition) is 1. The van der Waals surface area contributed by atoms with Gasteiger partial charge in [-0.3, -0.25) is 4.79 Å². The second-order valence-electron chi connectivity index (χ2n) is 6.51. The molecule has 2 aromatic carbocycles. The molecule has 2 atom stereocenters. The normalized spacial score (nSPS) is 18.7. The minimum Gasteiger partial charge on any atom is -0.469 e. The molecule has 0 spiro atoms. The maximum atomic E-state index is 13.3. The van der Waals surface area contributed by atoms with Gasteiger partial charge in [0.05, 0.1) is 12.3 Å². The summed E-state index contributed by atoms with van der Waals surface area (Å²) in [5, 5.41) is 3.02. The van der Waals surface area contributed by atoms with Crippen molar-refractivity contribution in [1.82, 2.24) is 5.32 Å². The fraction of sp³-hybridized carbons (Fsp3) is 0.190. The maximum Gasteiger partial charge on any atom is 0.224 e. The Labute approximate surface area is 149 Å². The maximum absolute atomic E-state index is 13.3. The van der Waals surface area contributed by atoms with Gasteiger partial charge in [0, 0.05) is 11.8 Å². The molecule has 3 nitrogen and oxygen atoms in total. The number of halogens is 2. The van der Waals surface area contributed by atoms with Crippen molar-refractivity contribution < 1.29 is 18.0 Å². The first-order valence-electron chi connectivity index (χ1n) is 8.46. The molecule has 26 heavy (non-hydrogen) atoms. The third-order valence-corrected chi connectivity index (χ3v) is 4.73. The zero-order valence-electron chi connectivity index (χ0n) is 13.9. The van der Waals surface area contributed by atoms with Crippen molar-refractivity contribution >= 4 is 5.91 Å². The Hall–Kier alpha value is -2.95. The monoisotopic (exact) mass is 353 g/mol. The Morgan fingerprint density at radius 1 is 0.962 bits per heavy atom. The van der Waals surface area contributed by atoms with Gasteiger partial charge < -0.3 is 9.73 Å². The van der Waals surface area contributed by atoms with Crippen LogP contribution in [0.5, 0.6) is 0 Å². The van der Waals surface area contributed by atoms with Crippen molar-refractivity contribution in [3.05, 3.63) is 95.4 Å². The topological polar surface area (TPSA) is 42.2 Å². The lowest BCUT2D eigenvalue weighted by Crippen LogP contribution is -2.31. The summed E-state index contributed by atoms with van der Waals surface area (Å²) in [7, 11) is 0. The minimum atomic E-state index is -0.471. The molecule has 0 unspecified atom stereocenters. The number of amides is 1. The highest BCUT2D eigenvalue weighted by molar-refractivity contribution is 5.83. The van der Waals surface area contributed by atoms with Gasteiger partial charge in [0.2, 0.25) is 5.91 Å². The highest BCUT2D eigenvalue weighted by Crippen LogP contribution is 2.48. The van der Waals surface area contributed by atoms with Gasteiger partial charge in [0.15, 0.2) is 0 Å². The number of rotatable bonds is 5. The van der Waals surface area contributed by atoms with E-state index < -0.39 is 6.04 Å². The minimum absolute atomic E-state index is 0.0899. The Balaban J connectivity index is 1.56. The summed E-state index contributed by atoms with van der Waals surface area (Å²) in [6.07, 6.45) is 2.33. The van der Waals surface area contributed by atoms with Gasteiger partial charge in [-0.15, -0.1) is 0 Å². The van der Waals surface area contributed by atoms with E-state index in [0.717, 1.165) is 23.3 Å². The lowest BCUT2D eigenvalue weighted by atomic mass is 9.98. The average molecular weight is 353 g/mol. The summed E-state index contributed by atoms with van der Waals surface area (Å²) < 4.78 is 31.9. The van der Waals surface area contributed by atoms with Crippen molar-refractivity contribution in [3.8, 4) is 0 Å². The SMILES string of the molecule is O=C(NC(c1ccc(F)cc1)c1ccc(F)cc1)[C@@H]1C[C@@H]1c1ccco1. The first-order chi connectivity index (χ1) is 12.6. The Kier molecular flexibility index (Phi) is 4.29. The van der Waals surface area contributed by atoms with E-state index >= 15 is 0 Å². The second-order valence-corrected chi connectivity index (χ2v) is 6.51. The molecule has 3 aromatic rings. The Morgan fingerprint density at radius 2 is 1.54 bits per heavy atom. The smallest absolute Gasteiger partial charge is 0.224 e. The van der Waals surface area contributed by atoms with Gasteiger partial charge in [-0.2, -0.15) is 0 Å². The van der Waals surface area contributed by atoms with E-state index in [1.807, 2.05) is 12.1 Å². The summed E-state index contributed by atoms with van der Waals surface area (Å²) in [5.41, 5.74) is 1.48. The summed E-state index contributed by atoms with van der Waals surface area (Å²) in [4.78, 5) is 12.7. The number of benzene rings is 2. The van der Waals surface area contributed by atoms with Crippen LogP contribution in [-0.2, 0) is 4.79 Å². The summed E-state index contributed by atoms with van der Waals surface area (Å²) in [6, 6.07) is 15.1. The molecule has 0 radical (unpaired) electrons. The van der Waals surface area contributed by atoms with Crippen LogP contribution < -0.4 is 5.32 Å². The standard InChI is InChI=1S/C21H17F2NO2/c22-15-7-3-13(4-8-15)20(14-5-9-16(23)10-6-14)24-21(25)18-12-17(18)19-2-1-11-26-19/h1-11,17-18,20H,12H2,(H,24,25)/t17-,18+/m0/s1. The van der Waals surface area contributed by atoms with Crippen molar-refractivity contribution in [2.75, 3.05) is 0 Å². The first kappa shape index (κ1) is 16.5. The van der Waals surface area contributed by atoms with Crippen LogP contribution in [0.15, 0.2) is 71.3 Å². The van der Waals surface area contributed by atoms with Crippen LogP contribution >= 0.6 is 0 Å². The van der Waals surface area contributed by atoms with Crippen LogP contribution in [0, 0.1) is 17.6 Å². The summed E-state index contributed by atoms with van der Waals surface area (Å²) in [5.74, 6) is -0.0389. The van der Waals surface area contributed by atoms with E-state index in [1.54, 1.807) is 30.5 Å². The third kappa shape index (κ3) is 3.38.